The Hall–Kier alpha value is -3.59. The Bertz CT molecular complexity index is 907. The van der Waals surface area contributed by atoms with E-state index in [2.05, 4.69) is 24.1 Å². The van der Waals surface area contributed by atoms with Crippen LogP contribution in [0.25, 0.3) is 6.08 Å². The van der Waals surface area contributed by atoms with E-state index in [-0.39, 0.29) is 16.8 Å². The van der Waals surface area contributed by atoms with Crippen molar-refractivity contribution in [3.8, 4) is 6.07 Å². The first kappa shape index (κ1) is 20.7. The fraction of sp³-hybridized carbons (Fsp3) is 0.227. The van der Waals surface area contributed by atoms with E-state index in [0.29, 0.717) is 0 Å². The Morgan fingerprint density at radius 2 is 1.75 bits per heavy atom. The first-order chi connectivity index (χ1) is 13.5. The van der Waals surface area contributed by atoms with Crippen LogP contribution in [0.5, 0.6) is 0 Å². The molecular formula is C22H23N3O3. The lowest BCUT2D eigenvalue weighted by molar-refractivity contribution is -0.112. The third-order valence-corrected chi connectivity index (χ3v) is 4.28. The Morgan fingerprint density at radius 3 is 2.32 bits per heavy atom. The average molecular weight is 377 g/mol. The number of benzene rings is 2. The van der Waals surface area contributed by atoms with Crippen LogP contribution in [-0.2, 0) is 9.53 Å². The first-order valence-corrected chi connectivity index (χ1v) is 8.99. The summed E-state index contributed by atoms with van der Waals surface area (Å²) in [5.74, 6) is -1.16. The van der Waals surface area contributed by atoms with Gasteiger partial charge in [0.2, 0.25) is 0 Å². The summed E-state index contributed by atoms with van der Waals surface area (Å²) in [5.41, 5.74) is 2.27. The molecule has 0 bridgehead atoms. The number of nitrogens with zero attached hydrogens (tertiary/aromatic N) is 2. The predicted octanol–water partition coefficient (Wildman–Crippen LogP) is 3.87. The quantitative estimate of drug-likeness (QED) is 0.450. The molecule has 0 saturated carbocycles. The summed E-state index contributed by atoms with van der Waals surface area (Å²) in [6.45, 7) is 5.97. The number of ether oxygens (including phenoxy) is 1. The minimum atomic E-state index is -0.591. The van der Waals surface area contributed by atoms with Crippen LogP contribution in [0.1, 0.15) is 29.8 Å². The maximum Gasteiger partial charge on any atom is 0.339 e. The van der Waals surface area contributed by atoms with Gasteiger partial charge in [0.15, 0.2) is 0 Å². The van der Waals surface area contributed by atoms with Crippen LogP contribution in [0.15, 0.2) is 54.1 Å². The third kappa shape index (κ3) is 4.98. The smallest absolute Gasteiger partial charge is 0.339 e. The van der Waals surface area contributed by atoms with Gasteiger partial charge in [-0.15, -0.1) is 0 Å². The van der Waals surface area contributed by atoms with E-state index in [1.807, 2.05) is 30.3 Å². The van der Waals surface area contributed by atoms with Crippen LogP contribution in [-0.4, -0.2) is 32.1 Å². The van der Waals surface area contributed by atoms with Crippen LogP contribution in [0.3, 0.4) is 0 Å². The predicted molar refractivity (Wildman–Crippen MR) is 110 cm³/mol. The fourth-order valence-electron chi connectivity index (χ4n) is 2.76. The zero-order valence-corrected chi connectivity index (χ0v) is 16.2. The highest BCUT2D eigenvalue weighted by Gasteiger charge is 2.15. The molecule has 0 saturated heterocycles. The molecule has 1 amide bonds. The molecule has 0 fully saturated rings. The van der Waals surface area contributed by atoms with Crippen LogP contribution in [0, 0.1) is 11.3 Å². The number of hydrogen-bond acceptors (Lipinski definition) is 5. The number of para-hydroxylation sites is 1. The van der Waals surface area contributed by atoms with Crippen LogP contribution >= 0.6 is 0 Å². The number of rotatable bonds is 7. The van der Waals surface area contributed by atoms with E-state index >= 15 is 0 Å². The molecular weight excluding hydrogens is 354 g/mol. The van der Waals surface area contributed by atoms with Gasteiger partial charge in [0.25, 0.3) is 5.91 Å². The summed E-state index contributed by atoms with van der Waals surface area (Å²) < 4.78 is 4.72. The highest BCUT2D eigenvalue weighted by Crippen LogP contribution is 2.19. The topological polar surface area (TPSA) is 82.4 Å². The molecule has 6 nitrogen and oxygen atoms in total. The summed E-state index contributed by atoms with van der Waals surface area (Å²) in [5, 5.41) is 12.0. The molecule has 0 spiro atoms. The van der Waals surface area contributed by atoms with Crippen molar-refractivity contribution in [3.05, 3.63) is 65.2 Å². The number of amides is 1. The molecule has 2 aromatic rings. The van der Waals surface area contributed by atoms with Gasteiger partial charge >= 0.3 is 5.97 Å². The maximum absolute atomic E-state index is 12.5. The van der Waals surface area contributed by atoms with Gasteiger partial charge in [0, 0.05) is 18.8 Å². The molecule has 0 radical (unpaired) electrons. The van der Waals surface area contributed by atoms with Gasteiger partial charge < -0.3 is 15.0 Å². The SMILES string of the molecule is CCN(CC)c1ccc(/C=C(\C#N)C(=O)Nc2ccccc2C(=O)OC)cc1. The van der Waals surface area contributed by atoms with Gasteiger partial charge in [0.1, 0.15) is 11.6 Å². The zero-order valence-electron chi connectivity index (χ0n) is 16.2. The zero-order chi connectivity index (χ0) is 20.5. The normalized spacial score (nSPS) is 10.7. The van der Waals surface area contributed by atoms with Crippen LogP contribution < -0.4 is 10.2 Å². The molecule has 2 rings (SSSR count). The number of nitriles is 1. The van der Waals surface area contributed by atoms with Crippen molar-refractivity contribution >= 4 is 29.3 Å². The molecule has 0 heterocycles. The molecule has 0 aromatic heterocycles. The number of methoxy groups -OCH3 is 1. The van der Waals surface area contributed by atoms with E-state index in [1.165, 1.54) is 13.2 Å². The van der Waals surface area contributed by atoms with Gasteiger partial charge in [-0.3, -0.25) is 4.79 Å². The summed E-state index contributed by atoms with van der Waals surface area (Å²) in [4.78, 5) is 26.5. The lowest BCUT2D eigenvalue weighted by atomic mass is 10.1. The summed E-state index contributed by atoms with van der Waals surface area (Å²) in [6, 6.07) is 16.0. The van der Waals surface area contributed by atoms with Crippen molar-refractivity contribution in [2.75, 3.05) is 30.4 Å². The molecule has 6 heteroatoms. The summed E-state index contributed by atoms with van der Waals surface area (Å²) in [6.07, 6.45) is 1.52. The van der Waals surface area contributed by atoms with Gasteiger partial charge in [-0.05, 0) is 49.8 Å². The second-order valence-corrected chi connectivity index (χ2v) is 5.92. The standard InChI is InChI=1S/C22H23N3O3/c1-4-25(5-2)18-12-10-16(11-13-18)14-17(15-23)21(26)24-20-9-7-6-8-19(20)22(27)28-3/h6-14H,4-5H2,1-3H3,(H,24,26)/b17-14+. The van der Waals surface area contributed by atoms with Crippen LogP contribution in [0.2, 0.25) is 0 Å². The Balaban J connectivity index is 2.23. The van der Waals surface area contributed by atoms with Crippen molar-refractivity contribution in [1.29, 1.82) is 5.26 Å². The second kappa shape index (κ2) is 9.93. The number of carbonyl (C=O) groups excluding carboxylic acids is 2. The van der Waals surface area contributed by atoms with Crippen molar-refractivity contribution in [2.45, 2.75) is 13.8 Å². The molecule has 28 heavy (non-hydrogen) atoms. The van der Waals surface area contributed by atoms with Crippen molar-refractivity contribution in [3.63, 3.8) is 0 Å². The number of carbonyl (C=O) groups is 2. The Kier molecular flexibility index (Phi) is 7.35. The largest absolute Gasteiger partial charge is 0.465 e. The van der Waals surface area contributed by atoms with Crippen molar-refractivity contribution < 1.29 is 14.3 Å². The molecule has 0 unspecified atom stereocenters. The highest BCUT2D eigenvalue weighted by atomic mass is 16.5. The number of nitrogens with one attached hydrogen (secondary N) is 1. The van der Waals surface area contributed by atoms with E-state index in [0.717, 1.165) is 24.3 Å². The molecule has 1 N–H and O–H groups in total. The number of esters is 1. The van der Waals surface area contributed by atoms with Crippen molar-refractivity contribution in [1.82, 2.24) is 0 Å². The number of anilines is 2. The maximum atomic E-state index is 12.5. The van der Waals surface area contributed by atoms with Gasteiger partial charge in [-0.2, -0.15) is 5.26 Å². The Morgan fingerprint density at radius 1 is 1.11 bits per heavy atom. The lowest BCUT2D eigenvalue weighted by Gasteiger charge is -2.20. The molecule has 0 aliphatic heterocycles. The highest BCUT2D eigenvalue weighted by molar-refractivity contribution is 6.12. The third-order valence-electron chi connectivity index (χ3n) is 4.28. The molecule has 0 aliphatic rings. The molecule has 2 aromatic carbocycles. The van der Waals surface area contributed by atoms with Gasteiger partial charge in [-0.1, -0.05) is 24.3 Å². The Labute approximate surface area is 165 Å². The summed E-state index contributed by atoms with van der Waals surface area (Å²) in [7, 11) is 1.27. The van der Waals surface area contributed by atoms with E-state index in [9.17, 15) is 14.9 Å². The van der Waals surface area contributed by atoms with Crippen LogP contribution in [0.4, 0.5) is 11.4 Å². The minimum Gasteiger partial charge on any atom is -0.465 e. The summed E-state index contributed by atoms with van der Waals surface area (Å²) >= 11 is 0. The van der Waals surface area contributed by atoms with E-state index < -0.39 is 11.9 Å². The van der Waals surface area contributed by atoms with E-state index in [4.69, 9.17) is 4.74 Å². The minimum absolute atomic E-state index is 0.0599. The monoisotopic (exact) mass is 377 g/mol. The number of hydrogen-bond donors (Lipinski definition) is 1. The fourth-order valence-corrected chi connectivity index (χ4v) is 2.76. The van der Waals surface area contributed by atoms with Crippen molar-refractivity contribution in [2.24, 2.45) is 0 Å². The van der Waals surface area contributed by atoms with Gasteiger partial charge in [0.05, 0.1) is 18.4 Å². The van der Waals surface area contributed by atoms with Gasteiger partial charge in [-0.25, -0.2) is 4.79 Å². The average Bonchev–Trinajstić information content (AvgIpc) is 2.73. The molecule has 0 aliphatic carbocycles. The molecule has 0 atom stereocenters. The molecule has 144 valence electrons. The second-order valence-electron chi connectivity index (χ2n) is 5.92. The first-order valence-electron chi connectivity index (χ1n) is 8.99. The lowest BCUT2D eigenvalue weighted by Crippen LogP contribution is -2.21. The van der Waals surface area contributed by atoms with E-state index in [1.54, 1.807) is 24.3 Å².